The van der Waals surface area contributed by atoms with E-state index in [1.54, 1.807) is 25.1 Å². The minimum atomic E-state index is -2.98. The third-order valence-corrected chi connectivity index (χ3v) is 6.60. The lowest BCUT2D eigenvalue weighted by molar-refractivity contribution is -0.133. The number of ether oxygens (including phenoxy) is 2. The Balaban J connectivity index is 1.64. The summed E-state index contributed by atoms with van der Waals surface area (Å²) in [6, 6.07) is 7.66. The van der Waals surface area contributed by atoms with Crippen molar-refractivity contribution in [3.05, 3.63) is 47.1 Å². The summed E-state index contributed by atoms with van der Waals surface area (Å²) < 4.78 is 34.6. The van der Waals surface area contributed by atoms with Gasteiger partial charge in [-0.05, 0) is 38.8 Å². The van der Waals surface area contributed by atoms with Gasteiger partial charge in [0.1, 0.15) is 0 Å². The number of aliphatic imine (C=N–C) groups is 1. The molecule has 2 amide bonds. The van der Waals surface area contributed by atoms with E-state index < -0.39 is 18.2 Å². The largest absolute Gasteiger partial charge is 0.465 e. The van der Waals surface area contributed by atoms with Gasteiger partial charge in [-0.25, -0.2) is 14.8 Å². The van der Waals surface area contributed by atoms with Crippen LogP contribution in [0.25, 0.3) is 0 Å². The number of carbonyl (C=O) groups excluding carboxylic acids is 1. The minimum absolute atomic E-state index is 0.0338. The first kappa shape index (κ1) is 26.6. The molecule has 1 saturated heterocycles. The topological polar surface area (TPSA) is 125 Å². The lowest BCUT2D eigenvalue weighted by atomic mass is 9.86. The number of amides is 2. The number of benzene rings is 1. The van der Waals surface area contributed by atoms with Gasteiger partial charge in [-0.3, -0.25) is 15.0 Å². The summed E-state index contributed by atoms with van der Waals surface area (Å²) in [6.07, 6.45) is 0.976. The number of carboxylic acid groups (broad SMARTS) is 1. The molecule has 2 aliphatic rings. The highest BCUT2D eigenvalue weighted by molar-refractivity contribution is 6.34. The highest BCUT2D eigenvalue weighted by Gasteiger charge is 2.43. The van der Waals surface area contributed by atoms with Crippen molar-refractivity contribution in [1.82, 2.24) is 15.2 Å². The Kier molecular flexibility index (Phi) is 7.79. The number of rotatable bonds is 6. The van der Waals surface area contributed by atoms with Crippen molar-refractivity contribution in [2.24, 2.45) is 4.99 Å². The number of anilines is 2. The lowest BCUT2D eigenvalue weighted by Crippen LogP contribution is -2.58. The second kappa shape index (κ2) is 10.9. The molecule has 3 heterocycles. The minimum Gasteiger partial charge on any atom is -0.465 e. The van der Waals surface area contributed by atoms with Crippen molar-refractivity contribution >= 4 is 40.9 Å². The maximum atomic E-state index is 13.4. The maximum Gasteiger partial charge on any atom is 0.411 e. The quantitative estimate of drug-likeness (QED) is 0.487. The van der Waals surface area contributed by atoms with Crippen LogP contribution in [0.3, 0.4) is 0 Å². The van der Waals surface area contributed by atoms with E-state index in [4.69, 9.17) is 16.3 Å². The number of pyridine rings is 1. The van der Waals surface area contributed by atoms with Gasteiger partial charge in [-0.2, -0.15) is 8.78 Å². The molecule has 1 aromatic heterocycles. The molecule has 10 nitrogen and oxygen atoms in total. The summed E-state index contributed by atoms with van der Waals surface area (Å²) >= 11 is 6.73. The fourth-order valence-corrected chi connectivity index (χ4v) is 4.94. The summed E-state index contributed by atoms with van der Waals surface area (Å²) in [5, 5.41) is 15.1. The molecule has 3 atom stereocenters. The number of guanidine groups is 1. The Labute approximate surface area is 216 Å². The van der Waals surface area contributed by atoms with Crippen LogP contribution in [0, 0.1) is 0 Å². The molecule has 2 aromatic rings. The normalized spacial score (nSPS) is 24.0. The van der Waals surface area contributed by atoms with Crippen molar-refractivity contribution in [2.45, 2.75) is 57.4 Å². The van der Waals surface area contributed by atoms with Crippen molar-refractivity contribution in [3.8, 4) is 5.88 Å². The van der Waals surface area contributed by atoms with Gasteiger partial charge < -0.3 is 19.9 Å². The molecule has 4 rings (SSSR count). The van der Waals surface area contributed by atoms with Crippen molar-refractivity contribution < 1.29 is 33.0 Å². The smallest absolute Gasteiger partial charge is 0.411 e. The zero-order valence-corrected chi connectivity index (χ0v) is 20.8. The molecule has 0 saturated carbocycles. The molecule has 1 fully saturated rings. The number of carbonyl (C=O) groups is 2. The van der Waals surface area contributed by atoms with Crippen LogP contribution in [0.1, 0.15) is 38.7 Å². The van der Waals surface area contributed by atoms with Gasteiger partial charge in [0, 0.05) is 24.3 Å². The van der Waals surface area contributed by atoms with Gasteiger partial charge >= 0.3 is 12.7 Å². The molecular formula is C24H26ClF2N5O5. The molecule has 2 aliphatic heterocycles. The van der Waals surface area contributed by atoms with Crippen LogP contribution in [0.15, 0.2) is 41.5 Å². The van der Waals surface area contributed by atoms with Gasteiger partial charge in [0.05, 0.1) is 40.7 Å². The van der Waals surface area contributed by atoms with Crippen LogP contribution in [-0.4, -0.2) is 58.3 Å². The standard InChI is InChI=1S/C24H26ClF2N5O5/c1-13-10-15(8-9-36-13)32-19(33)11-24(2,31-22(32)30-23(34)35)16-4-3-5-17(20(16)25)29-14-6-7-18(28-12-14)37-21(26)27/h3-7,12-13,15,21,29H,8-11H2,1-2H3,(H,30,31)(H,34,35)/t13-,15?,24+/m1/s1. The Morgan fingerprint density at radius 2 is 2.14 bits per heavy atom. The molecule has 1 unspecified atom stereocenters. The van der Waals surface area contributed by atoms with E-state index in [0.29, 0.717) is 36.4 Å². The summed E-state index contributed by atoms with van der Waals surface area (Å²) in [6.45, 7) is 1.08. The monoisotopic (exact) mass is 537 g/mol. The average molecular weight is 538 g/mol. The van der Waals surface area contributed by atoms with Crippen molar-refractivity contribution in [3.63, 3.8) is 0 Å². The SMILES string of the molecule is C[C@@H]1CC(N2C(=O)C[C@@](C)(c3cccc(Nc4ccc(OC(F)F)nc4)c3Cl)N=C2NC(=O)O)CCO1. The fraction of sp³-hybridized carbons (Fsp3) is 0.417. The van der Waals surface area contributed by atoms with Crippen molar-refractivity contribution in [1.29, 1.82) is 0 Å². The number of halogens is 3. The second-order valence-electron chi connectivity index (χ2n) is 9.00. The van der Waals surface area contributed by atoms with Gasteiger partial charge in [-0.15, -0.1) is 0 Å². The summed E-state index contributed by atoms with van der Waals surface area (Å²) in [5.74, 6) is -0.572. The van der Waals surface area contributed by atoms with E-state index in [1.165, 1.54) is 23.2 Å². The predicted octanol–water partition coefficient (Wildman–Crippen LogP) is 4.72. The highest BCUT2D eigenvalue weighted by atomic mass is 35.5. The molecule has 0 bridgehead atoms. The first-order chi connectivity index (χ1) is 17.6. The van der Waals surface area contributed by atoms with E-state index >= 15 is 0 Å². The first-order valence-electron chi connectivity index (χ1n) is 11.6. The van der Waals surface area contributed by atoms with E-state index in [0.717, 1.165) is 0 Å². The molecule has 13 heteroatoms. The Morgan fingerprint density at radius 3 is 2.78 bits per heavy atom. The molecule has 3 N–H and O–H groups in total. The zero-order valence-electron chi connectivity index (χ0n) is 20.1. The lowest BCUT2D eigenvalue weighted by Gasteiger charge is -2.42. The Bertz CT molecular complexity index is 1200. The van der Waals surface area contributed by atoms with Gasteiger partial charge in [-0.1, -0.05) is 23.7 Å². The number of nitrogens with zero attached hydrogens (tertiary/aromatic N) is 3. The van der Waals surface area contributed by atoms with Gasteiger partial charge in [0.2, 0.25) is 17.7 Å². The second-order valence-corrected chi connectivity index (χ2v) is 9.37. The number of nitrogens with one attached hydrogen (secondary N) is 2. The van der Waals surface area contributed by atoms with Crippen LogP contribution in [0.5, 0.6) is 5.88 Å². The number of hydrogen-bond acceptors (Lipinski definition) is 7. The van der Waals surface area contributed by atoms with Crippen LogP contribution < -0.4 is 15.4 Å². The molecule has 1 aromatic carbocycles. The van der Waals surface area contributed by atoms with E-state index in [9.17, 15) is 23.5 Å². The molecule has 198 valence electrons. The van der Waals surface area contributed by atoms with E-state index in [-0.39, 0.29) is 41.3 Å². The molecule has 0 aliphatic carbocycles. The number of aromatic nitrogens is 1. The third-order valence-electron chi connectivity index (χ3n) is 6.19. The maximum absolute atomic E-state index is 13.4. The highest BCUT2D eigenvalue weighted by Crippen LogP contribution is 2.41. The molecule has 0 spiro atoms. The summed E-state index contributed by atoms with van der Waals surface area (Å²) in [4.78, 5) is 34.9. The van der Waals surface area contributed by atoms with Crippen LogP contribution in [0.4, 0.5) is 25.0 Å². The predicted molar refractivity (Wildman–Crippen MR) is 131 cm³/mol. The van der Waals surface area contributed by atoms with Crippen molar-refractivity contribution in [2.75, 3.05) is 11.9 Å². The summed E-state index contributed by atoms with van der Waals surface area (Å²) in [5.41, 5.74) is 0.259. The van der Waals surface area contributed by atoms with Crippen LogP contribution >= 0.6 is 11.6 Å². The average Bonchev–Trinajstić information content (AvgIpc) is 2.80. The van der Waals surface area contributed by atoms with E-state index in [1.807, 2.05) is 6.92 Å². The zero-order chi connectivity index (χ0) is 26.7. The summed E-state index contributed by atoms with van der Waals surface area (Å²) in [7, 11) is 0. The Hall–Kier alpha value is -3.51. The van der Waals surface area contributed by atoms with Crippen LogP contribution in [0.2, 0.25) is 5.02 Å². The molecule has 0 radical (unpaired) electrons. The van der Waals surface area contributed by atoms with Crippen LogP contribution in [-0.2, 0) is 15.1 Å². The first-order valence-corrected chi connectivity index (χ1v) is 11.9. The van der Waals surface area contributed by atoms with Gasteiger partial charge in [0.15, 0.2) is 0 Å². The fourth-order valence-electron chi connectivity index (χ4n) is 4.56. The number of alkyl halides is 2. The Morgan fingerprint density at radius 1 is 1.35 bits per heavy atom. The van der Waals surface area contributed by atoms with E-state index in [2.05, 4.69) is 25.3 Å². The number of hydrogen-bond donors (Lipinski definition) is 3. The third kappa shape index (κ3) is 6.08. The van der Waals surface area contributed by atoms with Gasteiger partial charge in [0.25, 0.3) is 0 Å². The molecule has 37 heavy (non-hydrogen) atoms. The molecular weight excluding hydrogens is 512 g/mol.